The van der Waals surface area contributed by atoms with Gasteiger partial charge in [-0.05, 0) is 42.3 Å². The van der Waals surface area contributed by atoms with Crippen molar-refractivity contribution in [3.8, 4) is 0 Å². The number of hydrogen-bond donors (Lipinski definition) is 1. The van der Waals surface area contributed by atoms with E-state index in [-0.39, 0.29) is 16.8 Å². The molecule has 1 atom stereocenters. The van der Waals surface area contributed by atoms with Crippen molar-refractivity contribution in [1.29, 1.82) is 0 Å². The number of sulfone groups is 1. The summed E-state index contributed by atoms with van der Waals surface area (Å²) in [5.74, 6) is -0.177. The van der Waals surface area contributed by atoms with Crippen LogP contribution < -0.4 is 5.32 Å². The molecule has 27 heavy (non-hydrogen) atoms. The number of rotatable bonds is 6. The molecular formula is C20H21N3O3S. The molecule has 1 N–H and O–H groups in total. The maximum atomic E-state index is 12.5. The Morgan fingerprint density at radius 1 is 1.11 bits per heavy atom. The van der Waals surface area contributed by atoms with E-state index in [1.54, 1.807) is 48.9 Å². The summed E-state index contributed by atoms with van der Waals surface area (Å²) < 4.78 is 25.0. The van der Waals surface area contributed by atoms with Gasteiger partial charge in [-0.15, -0.1) is 0 Å². The van der Waals surface area contributed by atoms with E-state index >= 15 is 0 Å². The molecule has 0 radical (unpaired) electrons. The highest BCUT2D eigenvalue weighted by Crippen LogP contribution is 2.17. The first-order valence-corrected chi connectivity index (χ1v) is 10.4. The molecule has 0 fully saturated rings. The van der Waals surface area contributed by atoms with Crippen LogP contribution in [-0.2, 0) is 16.4 Å². The van der Waals surface area contributed by atoms with Crippen molar-refractivity contribution >= 4 is 15.7 Å². The summed E-state index contributed by atoms with van der Waals surface area (Å²) in [5, 5.41) is 2.93. The quantitative estimate of drug-likeness (QED) is 0.710. The average Bonchev–Trinajstić information content (AvgIpc) is 3.14. The summed E-state index contributed by atoms with van der Waals surface area (Å²) >= 11 is 0. The van der Waals surface area contributed by atoms with E-state index in [0.717, 1.165) is 11.1 Å². The highest BCUT2D eigenvalue weighted by molar-refractivity contribution is 7.90. The van der Waals surface area contributed by atoms with Gasteiger partial charge in [0.2, 0.25) is 0 Å². The first-order valence-electron chi connectivity index (χ1n) is 8.48. The zero-order valence-electron chi connectivity index (χ0n) is 15.2. The molecular weight excluding hydrogens is 362 g/mol. The summed E-state index contributed by atoms with van der Waals surface area (Å²) in [6.07, 6.45) is 6.53. The average molecular weight is 383 g/mol. The Hall–Kier alpha value is -2.93. The van der Waals surface area contributed by atoms with Gasteiger partial charge in [-0.3, -0.25) is 4.79 Å². The summed E-state index contributed by atoms with van der Waals surface area (Å²) in [5.41, 5.74) is 2.49. The highest BCUT2D eigenvalue weighted by Gasteiger charge is 2.13. The van der Waals surface area contributed by atoms with Crippen LogP contribution in [0.3, 0.4) is 0 Å². The predicted molar refractivity (Wildman–Crippen MR) is 103 cm³/mol. The van der Waals surface area contributed by atoms with Crippen molar-refractivity contribution < 1.29 is 13.2 Å². The first-order chi connectivity index (χ1) is 12.8. The molecule has 3 aromatic rings. The van der Waals surface area contributed by atoms with E-state index in [9.17, 15) is 13.2 Å². The summed E-state index contributed by atoms with van der Waals surface area (Å²) in [6, 6.07) is 13.7. The molecule has 0 aliphatic carbocycles. The van der Waals surface area contributed by atoms with Gasteiger partial charge in [0.15, 0.2) is 9.84 Å². The molecule has 0 saturated carbocycles. The number of carbonyl (C=O) groups excluding carboxylic acids is 1. The molecule has 1 heterocycles. The summed E-state index contributed by atoms with van der Waals surface area (Å²) in [4.78, 5) is 16.7. The van der Waals surface area contributed by atoms with E-state index in [0.29, 0.717) is 12.1 Å². The monoisotopic (exact) mass is 383 g/mol. The van der Waals surface area contributed by atoms with Crippen LogP contribution in [-0.4, -0.2) is 30.1 Å². The van der Waals surface area contributed by atoms with Gasteiger partial charge in [0.05, 0.1) is 17.3 Å². The molecule has 7 heteroatoms. The smallest absolute Gasteiger partial charge is 0.251 e. The number of nitrogens with one attached hydrogen (secondary N) is 1. The van der Waals surface area contributed by atoms with Crippen molar-refractivity contribution in [3.05, 3.63) is 83.9 Å². The molecule has 3 rings (SSSR count). The summed E-state index contributed by atoms with van der Waals surface area (Å²) in [6.45, 7) is 2.56. The summed E-state index contributed by atoms with van der Waals surface area (Å²) in [7, 11) is -3.23. The third-order valence-electron chi connectivity index (χ3n) is 4.30. The molecule has 140 valence electrons. The minimum absolute atomic E-state index is 0.177. The van der Waals surface area contributed by atoms with Gasteiger partial charge in [-0.1, -0.05) is 24.3 Å². The standard InChI is InChI=1S/C20H21N3O3S/c1-15(17-7-9-19(10-8-17)27(2,25)26)22-20(24)18-5-3-16(4-6-18)13-23-12-11-21-14-23/h3-12,14-15H,13H2,1-2H3,(H,22,24)/t15-/m1/s1. The van der Waals surface area contributed by atoms with Crippen LogP contribution in [0.15, 0.2) is 72.1 Å². The molecule has 6 nitrogen and oxygen atoms in total. The van der Waals surface area contributed by atoms with Gasteiger partial charge < -0.3 is 9.88 Å². The lowest BCUT2D eigenvalue weighted by molar-refractivity contribution is 0.0940. The molecule has 1 amide bonds. The Labute approximate surface area is 158 Å². The lowest BCUT2D eigenvalue weighted by Crippen LogP contribution is -2.26. The number of nitrogens with zero attached hydrogens (tertiary/aromatic N) is 2. The third kappa shape index (κ3) is 4.83. The second-order valence-corrected chi connectivity index (χ2v) is 8.48. The van der Waals surface area contributed by atoms with E-state index in [4.69, 9.17) is 0 Å². The normalized spacial score (nSPS) is 12.5. The SMILES string of the molecule is C[C@@H](NC(=O)c1ccc(Cn2ccnc2)cc1)c1ccc(S(C)(=O)=O)cc1. The van der Waals surface area contributed by atoms with Crippen molar-refractivity contribution in [2.24, 2.45) is 0 Å². The van der Waals surface area contributed by atoms with Crippen molar-refractivity contribution in [3.63, 3.8) is 0 Å². The van der Waals surface area contributed by atoms with Gasteiger partial charge in [0.25, 0.3) is 5.91 Å². The van der Waals surface area contributed by atoms with Crippen LogP contribution >= 0.6 is 0 Å². The largest absolute Gasteiger partial charge is 0.346 e. The highest BCUT2D eigenvalue weighted by atomic mass is 32.2. The first kappa shape index (κ1) is 18.8. The van der Waals surface area contributed by atoms with Crippen LogP contribution in [0, 0.1) is 0 Å². The second-order valence-electron chi connectivity index (χ2n) is 6.47. The van der Waals surface area contributed by atoms with Gasteiger partial charge in [0, 0.05) is 30.8 Å². The van der Waals surface area contributed by atoms with Gasteiger partial charge in [0.1, 0.15) is 0 Å². The third-order valence-corrected chi connectivity index (χ3v) is 5.42. The number of benzene rings is 2. The minimum Gasteiger partial charge on any atom is -0.346 e. The Bertz CT molecular complexity index is 1010. The number of hydrogen-bond acceptors (Lipinski definition) is 4. The zero-order valence-corrected chi connectivity index (χ0v) is 16.0. The topological polar surface area (TPSA) is 81.1 Å². The van der Waals surface area contributed by atoms with Crippen LogP contribution in [0.4, 0.5) is 0 Å². The molecule has 0 unspecified atom stereocenters. The van der Waals surface area contributed by atoms with Gasteiger partial charge in [-0.2, -0.15) is 0 Å². The second kappa shape index (κ2) is 7.75. The van der Waals surface area contributed by atoms with Crippen molar-refractivity contribution in [1.82, 2.24) is 14.9 Å². The minimum atomic E-state index is -3.23. The Kier molecular flexibility index (Phi) is 5.41. The zero-order chi connectivity index (χ0) is 19.4. The fraction of sp³-hybridized carbons (Fsp3) is 0.200. The molecule has 0 aliphatic rings. The Morgan fingerprint density at radius 3 is 2.33 bits per heavy atom. The fourth-order valence-electron chi connectivity index (χ4n) is 2.72. The maximum Gasteiger partial charge on any atom is 0.251 e. The molecule has 2 aromatic carbocycles. The van der Waals surface area contributed by atoms with Crippen LogP contribution in [0.1, 0.15) is 34.5 Å². The van der Waals surface area contributed by atoms with E-state index in [2.05, 4.69) is 10.3 Å². The molecule has 0 saturated heterocycles. The molecule has 0 spiro atoms. The van der Waals surface area contributed by atoms with Gasteiger partial charge in [-0.25, -0.2) is 13.4 Å². The number of amides is 1. The lowest BCUT2D eigenvalue weighted by Gasteiger charge is -2.15. The van der Waals surface area contributed by atoms with Crippen molar-refractivity contribution in [2.75, 3.05) is 6.26 Å². The van der Waals surface area contributed by atoms with E-state index in [1.165, 1.54) is 6.26 Å². The number of carbonyl (C=O) groups is 1. The Morgan fingerprint density at radius 2 is 1.78 bits per heavy atom. The molecule has 0 aliphatic heterocycles. The van der Waals surface area contributed by atoms with Crippen LogP contribution in [0.2, 0.25) is 0 Å². The van der Waals surface area contributed by atoms with Crippen LogP contribution in [0.5, 0.6) is 0 Å². The van der Waals surface area contributed by atoms with Crippen LogP contribution in [0.25, 0.3) is 0 Å². The maximum absolute atomic E-state index is 12.5. The Balaban J connectivity index is 1.64. The van der Waals surface area contributed by atoms with Crippen molar-refractivity contribution in [2.45, 2.75) is 24.4 Å². The molecule has 1 aromatic heterocycles. The van der Waals surface area contributed by atoms with Gasteiger partial charge >= 0.3 is 0 Å². The van der Waals surface area contributed by atoms with E-state index < -0.39 is 9.84 Å². The number of imidazole rings is 1. The lowest BCUT2D eigenvalue weighted by atomic mass is 10.1. The molecule has 0 bridgehead atoms. The van der Waals surface area contributed by atoms with E-state index in [1.807, 2.05) is 29.8 Å². The fourth-order valence-corrected chi connectivity index (χ4v) is 3.35. The predicted octanol–water partition coefficient (Wildman–Crippen LogP) is 2.83. The number of aromatic nitrogens is 2.